The Morgan fingerprint density at radius 2 is 1.65 bits per heavy atom. The van der Waals surface area contributed by atoms with Crippen LogP contribution in [0.15, 0.2) is 30.3 Å². The van der Waals surface area contributed by atoms with Gasteiger partial charge in [-0.15, -0.1) is 24.7 Å². The van der Waals surface area contributed by atoms with Gasteiger partial charge in [-0.2, -0.15) is 13.2 Å². The molecule has 266 valence electrons. The van der Waals surface area contributed by atoms with Gasteiger partial charge in [-0.3, -0.25) is 19.3 Å². The molecule has 6 atom stereocenters. The number of likely N-dealkylation sites (N-methyl/N-ethyl adjacent to an activating group) is 2. The first-order valence-corrected chi connectivity index (χ1v) is 16.5. The molecule has 4 N–H and O–H groups in total. The molecule has 3 amide bonds. The fourth-order valence-corrected chi connectivity index (χ4v) is 5.99. The number of rotatable bonds is 18. The van der Waals surface area contributed by atoms with Crippen LogP contribution >= 0.6 is 0 Å². The average Bonchev–Trinajstić information content (AvgIpc) is 3.04. The number of nitrogens with zero attached hydrogens (tertiary/aromatic N) is 2. The molecule has 9 nitrogen and oxygen atoms in total. The van der Waals surface area contributed by atoms with Crippen LogP contribution < -0.4 is 10.6 Å². The molecule has 0 aliphatic heterocycles. The zero-order valence-electron chi connectivity index (χ0n) is 28.2. The van der Waals surface area contributed by atoms with E-state index in [1.165, 1.54) is 19.0 Å². The van der Waals surface area contributed by atoms with Crippen LogP contribution in [0.25, 0.3) is 0 Å². The standard InChI is InChI=1S/C36H51F3N4O5/c1-6-14-30(44)33(46)29(22-27-17-12-9-13-18-27)40-35(48)32(25(3)7-2)41-34(47)28(21-26-15-10-8-11-16-26)23-31(45)43(5)20-19-42(4)24-36(37,38)39/h1-2,8,10-11,15-16,25,27-30,32-33,44,46H,9,12-14,17-24H2,3-5H3,(H,40,48)(H,41,47)/t25?,28-,29+,30+,32+,33-/m1/s1. The summed E-state index contributed by atoms with van der Waals surface area (Å²) in [5.74, 6) is 1.64. The lowest BCUT2D eigenvalue weighted by Crippen LogP contribution is -2.57. The van der Waals surface area contributed by atoms with Gasteiger partial charge in [0, 0.05) is 38.9 Å². The molecule has 0 heterocycles. The molecule has 0 bridgehead atoms. The number of carbonyl (C=O) groups excluding carboxylic acids is 3. The summed E-state index contributed by atoms with van der Waals surface area (Å²) in [6, 6.07) is 6.91. The molecule has 0 saturated heterocycles. The van der Waals surface area contributed by atoms with Crippen molar-refractivity contribution in [3.8, 4) is 24.7 Å². The zero-order valence-corrected chi connectivity index (χ0v) is 28.2. The first-order valence-electron chi connectivity index (χ1n) is 16.5. The van der Waals surface area contributed by atoms with Gasteiger partial charge in [-0.05, 0) is 38.3 Å². The van der Waals surface area contributed by atoms with Gasteiger partial charge in [-0.25, -0.2) is 0 Å². The summed E-state index contributed by atoms with van der Waals surface area (Å²) in [6.45, 7) is 0.461. The fraction of sp³-hybridized carbons (Fsp3) is 0.639. The number of aliphatic hydroxyl groups excluding tert-OH is 2. The second-order valence-electron chi connectivity index (χ2n) is 13.0. The maximum atomic E-state index is 13.8. The van der Waals surface area contributed by atoms with Crippen molar-refractivity contribution in [1.29, 1.82) is 0 Å². The summed E-state index contributed by atoms with van der Waals surface area (Å²) in [5, 5.41) is 27.1. The van der Waals surface area contributed by atoms with Crippen molar-refractivity contribution in [2.24, 2.45) is 17.8 Å². The van der Waals surface area contributed by atoms with E-state index < -0.39 is 66.6 Å². The Bertz CT molecular complexity index is 1240. The van der Waals surface area contributed by atoms with E-state index in [4.69, 9.17) is 12.8 Å². The molecule has 0 radical (unpaired) electrons. The van der Waals surface area contributed by atoms with Gasteiger partial charge >= 0.3 is 6.18 Å². The molecule has 1 aliphatic rings. The number of halogens is 3. The maximum Gasteiger partial charge on any atom is 0.401 e. The van der Waals surface area contributed by atoms with Gasteiger partial charge in [0.2, 0.25) is 17.7 Å². The number of aliphatic hydroxyl groups is 2. The van der Waals surface area contributed by atoms with E-state index in [0.29, 0.717) is 6.42 Å². The third kappa shape index (κ3) is 14.3. The molecule has 2 rings (SSSR count). The second-order valence-corrected chi connectivity index (χ2v) is 13.0. The van der Waals surface area contributed by atoms with Crippen LogP contribution in [-0.2, 0) is 20.8 Å². The molecular formula is C36H51F3N4O5. The molecule has 1 unspecified atom stereocenters. The summed E-state index contributed by atoms with van der Waals surface area (Å²) in [7, 11) is 2.77. The second kappa shape index (κ2) is 20.1. The van der Waals surface area contributed by atoms with Gasteiger partial charge in [0.15, 0.2) is 0 Å². The van der Waals surface area contributed by atoms with Crippen molar-refractivity contribution >= 4 is 17.7 Å². The Morgan fingerprint density at radius 3 is 2.23 bits per heavy atom. The van der Waals surface area contributed by atoms with Crippen molar-refractivity contribution < 1.29 is 37.8 Å². The number of nitrogens with one attached hydrogen (secondary N) is 2. The highest BCUT2D eigenvalue weighted by Crippen LogP contribution is 2.29. The molecule has 0 spiro atoms. The van der Waals surface area contributed by atoms with Crippen molar-refractivity contribution in [2.45, 2.75) is 95.2 Å². The summed E-state index contributed by atoms with van der Waals surface area (Å²) in [4.78, 5) is 43.1. The van der Waals surface area contributed by atoms with Crippen molar-refractivity contribution in [2.75, 3.05) is 33.7 Å². The lowest BCUT2D eigenvalue weighted by molar-refractivity contribution is -0.144. The third-order valence-electron chi connectivity index (χ3n) is 8.93. The van der Waals surface area contributed by atoms with Gasteiger partial charge in [0.25, 0.3) is 0 Å². The highest BCUT2D eigenvalue weighted by atomic mass is 19.4. The Morgan fingerprint density at radius 1 is 1.00 bits per heavy atom. The molecular weight excluding hydrogens is 625 g/mol. The predicted octanol–water partition coefficient (Wildman–Crippen LogP) is 3.14. The SMILES string of the molecule is C#CC[C@H](O)[C@H](O)[C@H](CC1CCCCC1)NC(=O)[C@@H](NC(=O)[C@@H](CC(=O)N(C)CCN(C)CC(F)(F)F)Cc1ccccc1)C(C)C#C. The lowest BCUT2D eigenvalue weighted by Gasteiger charge is -2.33. The summed E-state index contributed by atoms with van der Waals surface area (Å²) >= 11 is 0. The molecule has 1 aromatic rings. The zero-order chi connectivity index (χ0) is 35.9. The molecule has 1 fully saturated rings. The minimum absolute atomic E-state index is 0.0144. The largest absolute Gasteiger partial charge is 0.401 e. The summed E-state index contributed by atoms with van der Waals surface area (Å²) < 4.78 is 38.2. The molecule has 0 aromatic heterocycles. The van der Waals surface area contributed by atoms with Gasteiger partial charge in [0.05, 0.1) is 24.6 Å². The molecule has 1 aromatic carbocycles. The average molecular weight is 677 g/mol. The van der Waals surface area contributed by atoms with E-state index >= 15 is 0 Å². The van der Waals surface area contributed by atoms with Crippen LogP contribution in [0.1, 0.15) is 63.9 Å². The van der Waals surface area contributed by atoms with Gasteiger partial charge < -0.3 is 25.7 Å². The summed E-state index contributed by atoms with van der Waals surface area (Å²) in [5.41, 5.74) is 0.766. The number of terminal acetylenes is 2. The van der Waals surface area contributed by atoms with E-state index in [1.54, 1.807) is 31.2 Å². The summed E-state index contributed by atoms with van der Waals surface area (Å²) in [6.07, 6.45) is 9.28. The minimum atomic E-state index is -4.37. The number of hydrogen-bond donors (Lipinski definition) is 4. The Hall–Kier alpha value is -3.58. The van der Waals surface area contributed by atoms with Crippen molar-refractivity contribution in [1.82, 2.24) is 20.4 Å². The van der Waals surface area contributed by atoms with Gasteiger partial charge in [-0.1, -0.05) is 62.4 Å². The van der Waals surface area contributed by atoms with Crippen LogP contribution in [-0.4, -0.2) is 102 Å². The van der Waals surface area contributed by atoms with Crippen LogP contribution in [0.2, 0.25) is 0 Å². The number of carbonyl (C=O) groups is 3. The number of alkyl halides is 3. The van der Waals surface area contributed by atoms with E-state index in [1.807, 2.05) is 6.07 Å². The predicted molar refractivity (Wildman–Crippen MR) is 178 cm³/mol. The van der Waals surface area contributed by atoms with E-state index in [9.17, 15) is 37.8 Å². The Kier molecular flexibility index (Phi) is 17.0. The first kappa shape index (κ1) is 40.6. The fourth-order valence-electron chi connectivity index (χ4n) is 5.99. The molecule has 48 heavy (non-hydrogen) atoms. The smallest absolute Gasteiger partial charge is 0.389 e. The monoisotopic (exact) mass is 676 g/mol. The number of hydrogen-bond acceptors (Lipinski definition) is 6. The van der Waals surface area contributed by atoms with Crippen LogP contribution in [0, 0.1) is 42.4 Å². The minimum Gasteiger partial charge on any atom is -0.389 e. The van der Waals surface area contributed by atoms with Crippen LogP contribution in [0.4, 0.5) is 13.2 Å². The van der Waals surface area contributed by atoms with Crippen molar-refractivity contribution in [3.05, 3.63) is 35.9 Å². The first-order chi connectivity index (χ1) is 22.6. The van der Waals surface area contributed by atoms with E-state index in [0.717, 1.165) is 42.6 Å². The highest BCUT2D eigenvalue weighted by molar-refractivity contribution is 5.91. The van der Waals surface area contributed by atoms with E-state index in [-0.39, 0.29) is 38.3 Å². The van der Waals surface area contributed by atoms with Crippen LogP contribution in [0.5, 0.6) is 0 Å². The van der Waals surface area contributed by atoms with Gasteiger partial charge in [0.1, 0.15) is 12.1 Å². The topological polar surface area (TPSA) is 122 Å². The van der Waals surface area contributed by atoms with E-state index in [2.05, 4.69) is 22.5 Å². The highest BCUT2D eigenvalue weighted by Gasteiger charge is 2.36. The molecule has 1 saturated carbocycles. The third-order valence-corrected chi connectivity index (χ3v) is 8.93. The Balaban J connectivity index is 2.24. The number of benzene rings is 1. The number of amides is 3. The van der Waals surface area contributed by atoms with Crippen LogP contribution in [0.3, 0.4) is 0 Å². The molecule has 1 aliphatic carbocycles. The Labute approximate surface area is 283 Å². The molecule has 12 heteroatoms. The normalized spacial score (nSPS) is 17.6. The maximum absolute atomic E-state index is 13.8. The quantitative estimate of drug-likeness (QED) is 0.178. The lowest BCUT2D eigenvalue weighted by atomic mass is 9.82. The van der Waals surface area contributed by atoms with Crippen molar-refractivity contribution in [3.63, 3.8) is 0 Å².